The quantitative estimate of drug-likeness (QED) is 0.750. The van der Waals surface area contributed by atoms with Crippen molar-refractivity contribution in [3.8, 4) is 0 Å². The summed E-state index contributed by atoms with van der Waals surface area (Å²) in [4.78, 5) is 18.1. The summed E-state index contributed by atoms with van der Waals surface area (Å²) in [5, 5.41) is 0. The molecule has 1 fully saturated rings. The van der Waals surface area contributed by atoms with Crippen LogP contribution in [0.3, 0.4) is 0 Å². The number of aromatic nitrogens is 2. The molecular weight excluding hydrogens is 330 g/mol. The van der Waals surface area contributed by atoms with Crippen LogP contribution in [0, 0.1) is 11.8 Å². The number of carbonyl (C=O) groups excluding carboxylic acids is 1. The molecule has 0 saturated heterocycles. The lowest BCUT2D eigenvalue weighted by molar-refractivity contribution is -0.129. The molecule has 0 spiro atoms. The van der Waals surface area contributed by atoms with Gasteiger partial charge in [-0.25, -0.2) is 13.4 Å². The normalized spacial score (nSPS) is 21.9. The van der Waals surface area contributed by atoms with Gasteiger partial charge in [-0.2, -0.15) is 0 Å². The zero-order chi connectivity index (χ0) is 17.2. The first-order valence-electron chi connectivity index (χ1n) is 8.43. The molecule has 1 atom stereocenters. The molecule has 1 aromatic heterocycles. The summed E-state index contributed by atoms with van der Waals surface area (Å²) < 4.78 is 30.8. The van der Waals surface area contributed by atoms with Crippen LogP contribution in [-0.4, -0.2) is 60.5 Å². The van der Waals surface area contributed by atoms with E-state index < -0.39 is 15.6 Å². The topological polar surface area (TPSA) is 81.5 Å². The van der Waals surface area contributed by atoms with E-state index in [0.717, 1.165) is 25.1 Å². The Hall–Kier alpha value is -1.41. The van der Waals surface area contributed by atoms with E-state index in [1.54, 1.807) is 17.4 Å². The Morgan fingerprint density at radius 1 is 1.29 bits per heavy atom. The van der Waals surface area contributed by atoms with Gasteiger partial charge in [-0.3, -0.25) is 4.79 Å². The lowest BCUT2D eigenvalue weighted by Crippen LogP contribution is -2.38. The molecule has 1 aliphatic carbocycles. The monoisotopic (exact) mass is 355 g/mol. The third kappa shape index (κ3) is 4.57. The summed E-state index contributed by atoms with van der Waals surface area (Å²) in [6, 6.07) is 0. The minimum Gasteiger partial charge on any atom is -0.381 e. The van der Waals surface area contributed by atoms with Gasteiger partial charge in [0, 0.05) is 38.1 Å². The summed E-state index contributed by atoms with van der Waals surface area (Å²) in [5.74, 6) is 0.0271. The lowest BCUT2D eigenvalue weighted by Gasteiger charge is -2.27. The summed E-state index contributed by atoms with van der Waals surface area (Å²) >= 11 is 0. The molecule has 0 bridgehead atoms. The Morgan fingerprint density at radius 3 is 2.71 bits per heavy atom. The number of ether oxygens (including phenoxy) is 1. The molecule has 0 radical (unpaired) electrons. The molecule has 8 heteroatoms. The van der Waals surface area contributed by atoms with Crippen LogP contribution in [0.25, 0.3) is 0 Å². The van der Waals surface area contributed by atoms with Crippen LogP contribution >= 0.6 is 0 Å². The first kappa shape index (κ1) is 17.4. The highest BCUT2D eigenvalue weighted by Gasteiger charge is 2.27. The van der Waals surface area contributed by atoms with Gasteiger partial charge in [-0.05, 0) is 18.8 Å². The van der Waals surface area contributed by atoms with Crippen LogP contribution in [-0.2, 0) is 32.5 Å². The molecule has 1 saturated carbocycles. The first-order chi connectivity index (χ1) is 11.4. The van der Waals surface area contributed by atoms with Gasteiger partial charge in [-0.15, -0.1) is 0 Å². The van der Waals surface area contributed by atoms with Crippen molar-refractivity contribution in [3.63, 3.8) is 0 Å². The Balaban J connectivity index is 1.64. The zero-order valence-electron chi connectivity index (χ0n) is 14.1. The summed E-state index contributed by atoms with van der Waals surface area (Å²) in [7, 11) is -3.33. The second kappa shape index (κ2) is 7.23. The SMILES string of the molecule is CS(=O)(=O)CC(=O)N1Cc2cncn2C[C@@H](COCC2CCC2)C1. The molecule has 0 aromatic carbocycles. The molecule has 1 amide bonds. The fourth-order valence-electron chi connectivity index (χ4n) is 3.22. The van der Waals surface area contributed by atoms with Crippen LogP contribution in [0.2, 0.25) is 0 Å². The number of fused-ring (bicyclic) bond motifs is 1. The van der Waals surface area contributed by atoms with Gasteiger partial charge >= 0.3 is 0 Å². The van der Waals surface area contributed by atoms with E-state index in [1.165, 1.54) is 19.3 Å². The maximum absolute atomic E-state index is 12.4. The van der Waals surface area contributed by atoms with Crippen LogP contribution in [0.1, 0.15) is 25.0 Å². The number of hydrogen-bond donors (Lipinski definition) is 0. The van der Waals surface area contributed by atoms with Gasteiger partial charge in [0.15, 0.2) is 9.84 Å². The van der Waals surface area contributed by atoms with Crippen molar-refractivity contribution >= 4 is 15.7 Å². The predicted octanol–water partition coefficient (Wildman–Crippen LogP) is 0.703. The van der Waals surface area contributed by atoms with Crippen molar-refractivity contribution < 1.29 is 17.9 Å². The van der Waals surface area contributed by atoms with Gasteiger partial charge in [0.2, 0.25) is 5.91 Å². The average Bonchev–Trinajstić information content (AvgIpc) is 2.78. The highest BCUT2D eigenvalue weighted by Crippen LogP contribution is 2.26. The Bertz CT molecular complexity index is 681. The van der Waals surface area contributed by atoms with Gasteiger partial charge in [0.1, 0.15) is 5.75 Å². The van der Waals surface area contributed by atoms with Crippen LogP contribution in [0.15, 0.2) is 12.5 Å². The fourth-order valence-corrected chi connectivity index (χ4v) is 3.85. The molecule has 7 nitrogen and oxygen atoms in total. The van der Waals surface area contributed by atoms with Crippen molar-refractivity contribution in [2.75, 3.05) is 31.8 Å². The number of nitrogens with zero attached hydrogens (tertiary/aromatic N) is 3. The Morgan fingerprint density at radius 2 is 2.04 bits per heavy atom. The smallest absolute Gasteiger partial charge is 0.238 e. The average molecular weight is 355 g/mol. The molecule has 1 aliphatic heterocycles. The number of rotatable bonds is 6. The summed E-state index contributed by atoms with van der Waals surface area (Å²) in [6.07, 6.45) is 8.37. The summed E-state index contributed by atoms with van der Waals surface area (Å²) in [6.45, 7) is 3.01. The maximum Gasteiger partial charge on any atom is 0.238 e. The van der Waals surface area contributed by atoms with E-state index in [2.05, 4.69) is 4.98 Å². The van der Waals surface area contributed by atoms with Gasteiger partial charge in [0.05, 0.1) is 25.2 Å². The van der Waals surface area contributed by atoms with Crippen LogP contribution in [0.5, 0.6) is 0 Å². The molecule has 2 heterocycles. The maximum atomic E-state index is 12.4. The number of carbonyl (C=O) groups is 1. The molecule has 1 aromatic rings. The van der Waals surface area contributed by atoms with E-state index in [9.17, 15) is 13.2 Å². The van der Waals surface area contributed by atoms with E-state index >= 15 is 0 Å². The molecular formula is C16H25N3O4S. The number of hydrogen-bond acceptors (Lipinski definition) is 5. The second-order valence-corrected chi connectivity index (χ2v) is 9.22. The number of amides is 1. The van der Waals surface area contributed by atoms with Gasteiger partial charge in [0.25, 0.3) is 0 Å². The molecule has 24 heavy (non-hydrogen) atoms. The fraction of sp³-hybridized carbons (Fsp3) is 0.750. The number of sulfone groups is 1. The van der Waals surface area contributed by atoms with Crippen molar-refractivity contribution in [2.24, 2.45) is 11.8 Å². The zero-order valence-corrected chi connectivity index (χ0v) is 14.9. The molecule has 0 N–H and O–H groups in total. The largest absolute Gasteiger partial charge is 0.381 e. The predicted molar refractivity (Wildman–Crippen MR) is 89.0 cm³/mol. The van der Waals surface area contributed by atoms with Gasteiger partial charge in [-0.1, -0.05) is 6.42 Å². The van der Waals surface area contributed by atoms with E-state index in [-0.39, 0.29) is 11.8 Å². The third-order valence-electron chi connectivity index (χ3n) is 4.76. The lowest BCUT2D eigenvalue weighted by atomic mass is 9.86. The van der Waals surface area contributed by atoms with Crippen molar-refractivity contribution in [2.45, 2.75) is 32.4 Å². The van der Waals surface area contributed by atoms with E-state index in [4.69, 9.17) is 4.74 Å². The Labute approximate surface area is 142 Å². The third-order valence-corrected chi connectivity index (χ3v) is 5.53. The number of imidazole rings is 1. The minimum atomic E-state index is -3.33. The second-order valence-electron chi connectivity index (χ2n) is 7.08. The van der Waals surface area contributed by atoms with Crippen LogP contribution in [0.4, 0.5) is 0 Å². The molecule has 0 unspecified atom stereocenters. The molecule has 2 aliphatic rings. The highest BCUT2D eigenvalue weighted by molar-refractivity contribution is 7.91. The first-order valence-corrected chi connectivity index (χ1v) is 10.5. The van der Waals surface area contributed by atoms with Crippen molar-refractivity contribution in [1.82, 2.24) is 14.5 Å². The minimum absolute atomic E-state index is 0.143. The molecule has 3 rings (SSSR count). The molecule has 134 valence electrons. The standard InChI is InChI=1S/C16H25N3O4S/c1-24(21,22)11-16(20)18-6-14(10-23-9-13-3-2-4-13)7-19-12-17-5-15(19)8-18/h5,12-14H,2-4,6-11H2,1H3/t14-/m0/s1. The van der Waals surface area contributed by atoms with Crippen molar-refractivity contribution in [1.29, 1.82) is 0 Å². The summed E-state index contributed by atoms with van der Waals surface area (Å²) in [5.41, 5.74) is 0.929. The van der Waals surface area contributed by atoms with E-state index in [1.807, 2.05) is 4.57 Å². The van der Waals surface area contributed by atoms with Gasteiger partial charge < -0.3 is 14.2 Å². The highest BCUT2D eigenvalue weighted by atomic mass is 32.2. The van der Waals surface area contributed by atoms with Crippen LogP contribution < -0.4 is 0 Å². The van der Waals surface area contributed by atoms with E-state index in [0.29, 0.717) is 25.6 Å². The van der Waals surface area contributed by atoms with Crippen molar-refractivity contribution in [3.05, 3.63) is 18.2 Å². The Kier molecular flexibility index (Phi) is 5.24.